The topological polar surface area (TPSA) is 76.9 Å². The Labute approximate surface area is 191 Å². The maximum absolute atomic E-state index is 13.3. The van der Waals surface area contributed by atoms with Crippen LogP contribution in [0.1, 0.15) is 0 Å². The summed E-state index contributed by atoms with van der Waals surface area (Å²) in [7, 11) is 0. The molecule has 1 aromatic carbocycles. The van der Waals surface area contributed by atoms with Crippen LogP contribution in [0.25, 0.3) is 21.3 Å². The summed E-state index contributed by atoms with van der Waals surface area (Å²) in [5.74, 6) is 0.235. The first-order chi connectivity index (χ1) is 15.1. The normalized spacial score (nSPS) is 10.9. The molecule has 0 radical (unpaired) electrons. The number of nitrogens with zero attached hydrogens (tertiary/aromatic N) is 3. The fourth-order valence-electron chi connectivity index (χ4n) is 2.99. The number of hydrogen-bond acceptors (Lipinski definition) is 6. The van der Waals surface area contributed by atoms with E-state index in [1.807, 2.05) is 35.7 Å². The van der Waals surface area contributed by atoms with Crippen molar-refractivity contribution in [3.05, 3.63) is 82.1 Å². The molecule has 0 saturated carbocycles. The van der Waals surface area contributed by atoms with E-state index in [1.165, 1.54) is 29.3 Å². The number of benzene rings is 1. The van der Waals surface area contributed by atoms with E-state index in [0.29, 0.717) is 32.8 Å². The lowest BCUT2D eigenvalue weighted by Gasteiger charge is -2.11. The summed E-state index contributed by atoms with van der Waals surface area (Å²) in [5.41, 5.74) is 1.68. The van der Waals surface area contributed by atoms with Crippen molar-refractivity contribution in [1.29, 1.82) is 0 Å². The number of halogens is 1. The number of carbonyl (C=O) groups is 1. The highest BCUT2D eigenvalue weighted by molar-refractivity contribution is 7.99. The van der Waals surface area contributed by atoms with Crippen molar-refractivity contribution in [3.63, 3.8) is 0 Å². The molecule has 0 atom stereocenters. The van der Waals surface area contributed by atoms with Crippen LogP contribution in [0.5, 0.6) is 0 Å². The second-order valence-electron chi connectivity index (χ2n) is 6.49. The van der Waals surface area contributed by atoms with Gasteiger partial charge in [0.15, 0.2) is 5.16 Å². The number of allylic oxidation sites excluding steroid dienone is 1. The molecule has 0 aliphatic heterocycles. The van der Waals surface area contributed by atoms with Crippen LogP contribution >= 0.6 is 34.7 Å². The van der Waals surface area contributed by atoms with E-state index < -0.39 is 0 Å². The van der Waals surface area contributed by atoms with Crippen molar-refractivity contribution in [3.8, 4) is 11.1 Å². The van der Waals surface area contributed by atoms with Crippen LogP contribution in [-0.2, 0) is 11.3 Å². The Kier molecular flexibility index (Phi) is 6.50. The highest BCUT2D eigenvalue weighted by Gasteiger charge is 2.17. The molecule has 0 spiro atoms. The summed E-state index contributed by atoms with van der Waals surface area (Å²) in [6.07, 6.45) is 3.11. The molecule has 0 unspecified atom stereocenters. The predicted molar refractivity (Wildman–Crippen MR) is 128 cm³/mol. The molecule has 6 nitrogen and oxygen atoms in total. The second kappa shape index (κ2) is 9.47. The zero-order valence-corrected chi connectivity index (χ0v) is 18.6. The molecule has 0 aliphatic rings. The maximum Gasteiger partial charge on any atom is 0.263 e. The number of nitrogens with one attached hydrogen (secondary N) is 1. The van der Waals surface area contributed by atoms with Gasteiger partial charge in [0.25, 0.3) is 5.56 Å². The van der Waals surface area contributed by atoms with Crippen molar-refractivity contribution in [2.24, 2.45) is 0 Å². The summed E-state index contributed by atoms with van der Waals surface area (Å²) in [5, 5.41) is 6.19. The lowest BCUT2D eigenvalue weighted by atomic mass is 10.1. The van der Waals surface area contributed by atoms with E-state index in [-0.39, 0.29) is 17.2 Å². The summed E-state index contributed by atoms with van der Waals surface area (Å²) in [6.45, 7) is 4.05. The van der Waals surface area contributed by atoms with Crippen molar-refractivity contribution >= 4 is 56.6 Å². The first kappa shape index (κ1) is 21.3. The van der Waals surface area contributed by atoms with E-state index >= 15 is 0 Å². The van der Waals surface area contributed by atoms with E-state index in [4.69, 9.17) is 11.6 Å². The maximum atomic E-state index is 13.3. The van der Waals surface area contributed by atoms with E-state index in [9.17, 15) is 9.59 Å². The summed E-state index contributed by atoms with van der Waals surface area (Å²) in [6, 6.07) is 13.0. The van der Waals surface area contributed by atoms with E-state index in [2.05, 4.69) is 21.9 Å². The molecule has 0 bridgehead atoms. The lowest BCUT2D eigenvalue weighted by molar-refractivity contribution is -0.113. The molecule has 4 aromatic rings. The van der Waals surface area contributed by atoms with Gasteiger partial charge in [-0.05, 0) is 17.7 Å². The van der Waals surface area contributed by atoms with Crippen LogP contribution in [0.2, 0.25) is 5.02 Å². The Bertz CT molecular complexity index is 1300. The smallest absolute Gasteiger partial charge is 0.263 e. The number of hydrogen-bond donors (Lipinski definition) is 1. The largest absolute Gasteiger partial charge is 0.310 e. The van der Waals surface area contributed by atoms with Crippen LogP contribution in [0.4, 0.5) is 5.82 Å². The van der Waals surface area contributed by atoms with Crippen molar-refractivity contribution in [2.45, 2.75) is 11.7 Å². The molecule has 3 aromatic heterocycles. The van der Waals surface area contributed by atoms with E-state index in [1.54, 1.807) is 22.8 Å². The van der Waals surface area contributed by atoms with Crippen LogP contribution < -0.4 is 10.9 Å². The Balaban J connectivity index is 1.62. The SMILES string of the molecule is C=CCn1c(SCC(=O)Nc2ccc(Cl)cn2)nc2scc(-c3ccccc3)c2c1=O. The van der Waals surface area contributed by atoms with Crippen molar-refractivity contribution in [2.75, 3.05) is 11.1 Å². The molecule has 1 N–H and O–H groups in total. The van der Waals surface area contributed by atoms with Gasteiger partial charge in [0.2, 0.25) is 5.91 Å². The number of rotatable bonds is 7. The van der Waals surface area contributed by atoms with Gasteiger partial charge in [0.05, 0.1) is 16.2 Å². The minimum atomic E-state index is -0.254. The quantitative estimate of drug-likeness (QED) is 0.232. The van der Waals surface area contributed by atoms with Crippen molar-refractivity contribution in [1.82, 2.24) is 14.5 Å². The molecular weight excluding hydrogens is 452 g/mol. The fraction of sp³-hybridized carbons (Fsp3) is 0.0909. The standard InChI is InChI=1S/C22H17ClN4O2S2/c1-2-10-27-21(29)19-16(14-6-4-3-5-7-14)12-30-20(19)26-22(27)31-13-18(28)25-17-9-8-15(23)11-24-17/h2-9,11-12H,1,10,13H2,(H,24,25,28). The minimum absolute atomic E-state index is 0.0797. The molecule has 0 fully saturated rings. The third-order valence-corrected chi connectivity index (χ3v) is 6.45. The van der Waals surface area contributed by atoms with Gasteiger partial charge in [0, 0.05) is 23.7 Å². The van der Waals surface area contributed by atoms with Crippen LogP contribution in [0, 0.1) is 0 Å². The number of thioether (sulfide) groups is 1. The van der Waals surface area contributed by atoms with Gasteiger partial charge in [-0.15, -0.1) is 17.9 Å². The van der Waals surface area contributed by atoms with Gasteiger partial charge in [-0.3, -0.25) is 14.2 Å². The zero-order chi connectivity index (χ0) is 21.8. The highest BCUT2D eigenvalue weighted by atomic mass is 35.5. The van der Waals surface area contributed by atoms with Gasteiger partial charge in [-0.2, -0.15) is 0 Å². The van der Waals surface area contributed by atoms with Crippen LogP contribution in [0.15, 0.2) is 76.6 Å². The number of anilines is 1. The molecule has 1 amide bonds. The van der Waals surface area contributed by atoms with Gasteiger partial charge in [-0.1, -0.05) is 59.8 Å². The number of fused-ring (bicyclic) bond motifs is 1. The molecular formula is C22H17ClN4O2S2. The Morgan fingerprint density at radius 1 is 1.26 bits per heavy atom. The lowest BCUT2D eigenvalue weighted by Crippen LogP contribution is -2.23. The van der Waals surface area contributed by atoms with E-state index in [0.717, 1.165) is 11.1 Å². The third-order valence-electron chi connectivity index (χ3n) is 4.38. The minimum Gasteiger partial charge on any atom is -0.310 e. The predicted octanol–water partition coefficient (Wildman–Crippen LogP) is 5.09. The second-order valence-corrected chi connectivity index (χ2v) is 8.73. The Morgan fingerprint density at radius 3 is 2.77 bits per heavy atom. The fourth-order valence-corrected chi connectivity index (χ4v) is 4.90. The molecule has 4 rings (SSSR count). The average Bonchev–Trinajstić information content (AvgIpc) is 3.21. The summed E-state index contributed by atoms with van der Waals surface area (Å²) in [4.78, 5) is 35.0. The summed E-state index contributed by atoms with van der Waals surface area (Å²) >= 11 is 8.42. The average molecular weight is 469 g/mol. The third kappa shape index (κ3) is 4.71. The van der Waals surface area contributed by atoms with Crippen molar-refractivity contribution < 1.29 is 4.79 Å². The Hall–Kier alpha value is -2.94. The first-order valence-corrected chi connectivity index (χ1v) is 11.5. The highest BCUT2D eigenvalue weighted by Crippen LogP contribution is 2.32. The molecule has 0 saturated heterocycles. The molecule has 0 aliphatic carbocycles. The molecule has 156 valence electrons. The summed E-state index contributed by atoms with van der Waals surface area (Å²) < 4.78 is 1.55. The number of carbonyl (C=O) groups excluding carboxylic acids is 1. The van der Waals surface area contributed by atoms with Gasteiger partial charge < -0.3 is 5.32 Å². The first-order valence-electron chi connectivity index (χ1n) is 9.29. The molecule has 9 heteroatoms. The van der Waals surface area contributed by atoms with Crippen LogP contribution in [-0.4, -0.2) is 26.2 Å². The molecule has 31 heavy (non-hydrogen) atoms. The van der Waals surface area contributed by atoms with Gasteiger partial charge in [0.1, 0.15) is 10.6 Å². The number of aromatic nitrogens is 3. The van der Waals surface area contributed by atoms with Gasteiger partial charge >= 0.3 is 0 Å². The molecule has 3 heterocycles. The number of pyridine rings is 1. The Morgan fingerprint density at radius 2 is 2.06 bits per heavy atom. The van der Waals surface area contributed by atoms with Gasteiger partial charge in [-0.25, -0.2) is 9.97 Å². The zero-order valence-electron chi connectivity index (χ0n) is 16.2. The number of thiophene rings is 1. The van der Waals surface area contributed by atoms with Crippen LogP contribution in [0.3, 0.4) is 0 Å². The number of amides is 1. The monoisotopic (exact) mass is 468 g/mol.